The van der Waals surface area contributed by atoms with Gasteiger partial charge in [0.25, 0.3) is 5.91 Å². The second kappa shape index (κ2) is 6.38. The van der Waals surface area contributed by atoms with Crippen molar-refractivity contribution in [3.8, 4) is 0 Å². The van der Waals surface area contributed by atoms with Crippen molar-refractivity contribution in [2.24, 2.45) is 5.92 Å². The maximum Gasteiger partial charge on any atom is 0.265 e. The van der Waals surface area contributed by atoms with Crippen LogP contribution in [0.25, 0.3) is 0 Å². The molecule has 1 aromatic heterocycles. The summed E-state index contributed by atoms with van der Waals surface area (Å²) in [4.78, 5) is 12.6. The maximum atomic E-state index is 11.9. The SMILES string of the molecule is CC(C)CNc1ccc(NC(=O)c2cccs2)cc1. The Morgan fingerprint density at radius 3 is 2.42 bits per heavy atom. The molecular weight excluding hydrogens is 256 g/mol. The first-order valence-electron chi connectivity index (χ1n) is 6.34. The number of nitrogens with one attached hydrogen (secondary N) is 2. The van der Waals surface area contributed by atoms with Crippen molar-refractivity contribution in [1.29, 1.82) is 0 Å². The van der Waals surface area contributed by atoms with E-state index in [9.17, 15) is 4.79 Å². The molecule has 1 aromatic carbocycles. The Bertz CT molecular complexity index is 518. The molecule has 2 aromatic rings. The molecule has 0 spiro atoms. The fourth-order valence-corrected chi connectivity index (χ4v) is 2.21. The van der Waals surface area contributed by atoms with E-state index in [0.717, 1.165) is 22.8 Å². The zero-order chi connectivity index (χ0) is 13.7. The number of hydrogen-bond acceptors (Lipinski definition) is 3. The molecule has 100 valence electrons. The quantitative estimate of drug-likeness (QED) is 0.863. The Hall–Kier alpha value is -1.81. The Kier molecular flexibility index (Phi) is 4.58. The average Bonchev–Trinajstić information content (AvgIpc) is 2.92. The Morgan fingerprint density at radius 1 is 1.16 bits per heavy atom. The molecule has 0 fully saturated rings. The van der Waals surface area contributed by atoms with Gasteiger partial charge in [0, 0.05) is 17.9 Å². The second-order valence-electron chi connectivity index (χ2n) is 4.78. The third kappa shape index (κ3) is 4.10. The van der Waals surface area contributed by atoms with E-state index >= 15 is 0 Å². The lowest BCUT2D eigenvalue weighted by molar-refractivity contribution is 0.103. The van der Waals surface area contributed by atoms with E-state index in [-0.39, 0.29) is 5.91 Å². The van der Waals surface area contributed by atoms with Crippen molar-refractivity contribution in [3.63, 3.8) is 0 Å². The van der Waals surface area contributed by atoms with Crippen LogP contribution in [0.4, 0.5) is 11.4 Å². The van der Waals surface area contributed by atoms with Crippen molar-refractivity contribution in [2.75, 3.05) is 17.2 Å². The summed E-state index contributed by atoms with van der Waals surface area (Å²) < 4.78 is 0. The summed E-state index contributed by atoms with van der Waals surface area (Å²) in [7, 11) is 0. The summed E-state index contributed by atoms with van der Waals surface area (Å²) >= 11 is 1.44. The highest BCUT2D eigenvalue weighted by Gasteiger charge is 2.06. The summed E-state index contributed by atoms with van der Waals surface area (Å²) in [5.41, 5.74) is 1.89. The fraction of sp³-hybridized carbons (Fsp3) is 0.267. The van der Waals surface area contributed by atoms with Gasteiger partial charge in [0.15, 0.2) is 0 Å². The van der Waals surface area contributed by atoms with E-state index in [1.165, 1.54) is 11.3 Å². The number of carbonyl (C=O) groups excluding carboxylic acids is 1. The molecule has 19 heavy (non-hydrogen) atoms. The van der Waals surface area contributed by atoms with Gasteiger partial charge in [0.1, 0.15) is 0 Å². The van der Waals surface area contributed by atoms with Crippen LogP contribution in [0, 0.1) is 5.92 Å². The van der Waals surface area contributed by atoms with Crippen molar-refractivity contribution >= 4 is 28.6 Å². The summed E-state index contributed by atoms with van der Waals surface area (Å²) in [5, 5.41) is 8.12. The van der Waals surface area contributed by atoms with Crippen LogP contribution >= 0.6 is 11.3 Å². The summed E-state index contributed by atoms with van der Waals surface area (Å²) in [6, 6.07) is 11.5. The van der Waals surface area contributed by atoms with Gasteiger partial charge in [0.2, 0.25) is 0 Å². The lowest BCUT2D eigenvalue weighted by Gasteiger charge is -2.10. The van der Waals surface area contributed by atoms with Crippen molar-refractivity contribution in [1.82, 2.24) is 0 Å². The van der Waals surface area contributed by atoms with Crippen LogP contribution in [-0.4, -0.2) is 12.5 Å². The molecule has 3 nitrogen and oxygen atoms in total. The van der Waals surface area contributed by atoms with Crippen LogP contribution in [0.3, 0.4) is 0 Å². The fourth-order valence-electron chi connectivity index (χ4n) is 1.59. The first kappa shape index (κ1) is 13.6. The van der Waals surface area contributed by atoms with E-state index < -0.39 is 0 Å². The third-order valence-corrected chi connectivity index (χ3v) is 3.47. The molecule has 4 heteroatoms. The number of carbonyl (C=O) groups is 1. The van der Waals surface area contributed by atoms with Gasteiger partial charge in [-0.25, -0.2) is 0 Å². The van der Waals surface area contributed by atoms with Gasteiger partial charge in [-0.15, -0.1) is 11.3 Å². The van der Waals surface area contributed by atoms with E-state index in [1.807, 2.05) is 41.8 Å². The van der Waals surface area contributed by atoms with Gasteiger partial charge >= 0.3 is 0 Å². The molecule has 0 saturated carbocycles. The number of rotatable bonds is 5. The van der Waals surface area contributed by atoms with Crippen molar-refractivity contribution in [3.05, 3.63) is 46.7 Å². The molecule has 0 saturated heterocycles. The van der Waals surface area contributed by atoms with Crippen LogP contribution < -0.4 is 10.6 Å². The lowest BCUT2D eigenvalue weighted by atomic mass is 10.2. The van der Waals surface area contributed by atoms with Gasteiger partial charge in [-0.1, -0.05) is 19.9 Å². The molecule has 0 aliphatic rings. The zero-order valence-electron chi connectivity index (χ0n) is 11.1. The Balaban J connectivity index is 1.93. The van der Waals surface area contributed by atoms with Crippen LogP contribution in [-0.2, 0) is 0 Å². The largest absolute Gasteiger partial charge is 0.385 e. The molecule has 0 atom stereocenters. The second-order valence-corrected chi connectivity index (χ2v) is 5.73. The highest BCUT2D eigenvalue weighted by Crippen LogP contribution is 2.16. The predicted octanol–water partition coefficient (Wildman–Crippen LogP) is 4.07. The van der Waals surface area contributed by atoms with Gasteiger partial charge in [-0.2, -0.15) is 0 Å². The van der Waals surface area contributed by atoms with Crippen molar-refractivity contribution < 1.29 is 4.79 Å². The van der Waals surface area contributed by atoms with E-state index in [1.54, 1.807) is 0 Å². The number of anilines is 2. The predicted molar refractivity (Wildman–Crippen MR) is 82.0 cm³/mol. The molecular formula is C15H18N2OS. The Labute approximate surface area is 117 Å². The normalized spacial score (nSPS) is 10.5. The molecule has 0 aliphatic heterocycles. The molecule has 0 radical (unpaired) electrons. The Morgan fingerprint density at radius 2 is 1.84 bits per heavy atom. The monoisotopic (exact) mass is 274 g/mol. The summed E-state index contributed by atoms with van der Waals surface area (Å²) in [6.07, 6.45) is 0. The summed E-state index contributed by atoms with van der Waals surface area (Å²) in [6.45, 7) is 5.28. The van der Waals surface area contributed by atoms with Crippen LogP contribution in [0.5, 0.6) is 0 Å². The summed E-state index contributed by atoms with van der Waals surface area (Å²) in [5.74, 6) is 0.552. The van der Waals surface area contributed by atoms with Gasteiger partial charge in [-0.05, 0) is 41.6 Å². The average molecular weight is 274 g/mol. The first-order chi connectivity index (χ1) is 9.15. The van der Waals surface area contributed by atoms with Gasteiger partial charge < -0.3 is 10.6 Å². The molecule has 1 amide bonds. The first-order valence-corrected chi connectivity index (χ1v) is 7.22. The van der Waals surface area contributed by atoms with Crippen LogP contribution in [0.1, 0.15) is 23.5 Å². The van der Waals surface area contributed by atoms with Crippen LogP contribution in [0.2, 0.25) is 0 Å². The minimum atomic E-state index is -0.0575. The smallest absolute Gasteiger partial charge is 0.265 e. The zero-order valence-corrected chi connectivity index (χ0v) is 12.0. The lowest BCUT2D eigenvalue weighted by Crippen LogP contribution is -2.10. The topological polar surface area (TPSA) is 41.1 Å². The van der Waals surface area contributed by atoms with Gasteiger partial charge in [0.05, 0.1) is 4.88 Å². The molecule has 0 aliphatic carbocycles. The molecule has 2 N–H and O–H groups in total. The van der Waals surface area contributed by atoms with E-state index in [4.69, 9.17) is 0 Å². The minimum Gasteiger partial charge on any atom is -0.385 e. The van der Waals surface area contributed by atoms with E-state index in [0.29, 0.717) is 5.92 Å². The number of amides is 1. The van der Waals surface area contributed by atoms with E-state index in [2.05, 4.69) is 24.5 Å². The molecule has 0 bridgehead atoms. The highest BCUT2D eigenvalue weighted by atomic mass is 32.1. The third-order valence-electron chi connectivity index (χ3n) is 2.60. The molecule has 2 rings (SSSR count). The number of thiophene rings is 1. The van der Waals surface area contributed by atoms with Crippen molar-refractivity contribution in [2.45, 2.75) is 13.8 Å². The number of hydrogen-bond donors (Lipinski definition) is 2. The standard InChI is InChI=1S/C15H18N2OS/c1-11(2)10-16-12-5-7-13(8-6-12)17-15(18)14-4-3-9-19-14/h3-9,11,16H,10H2,1-2H3,(H,17,18). The minimum absolute atomic E-state index is 0.0575. The van der Waals surface area contributed by atoms with Gasteiger partial charge in [-0.3, -0.25) is 4.79 Å². The highest BCUT2D eigenvalue weighted by molar-refractivity contribution is 7.12. The maximum absolute atomic E-state index is 11.9. The number of benzene rings is 1. The molecule has 1 heterocycles. The van der Waals surface area contributed by atoms with Crippen LogP contribution in [0.15, 0.2) is 41.8 Å². The molecule has 0 unspecified atom stereocenters.